The molecule has 1 atom stereocenters. The summed E-state index contributed by atoms with van der Waals surface area (Å²) in [5, 5.41) is 11.3. The van der Waals surface area contributed by atoms with Gasteiger partial charge in [0.25, 0.3) is 5.82 Å². The van der Waals surface area contributed by atoms with Gasteiger partial charge in [-0.1, -0.05) is 0 Å². The molecule has 2 saturated heterocycles. The van der Waals surface area contributed by atoms with Crippen LogP contribution in [-0.4, -0.2) is 70.6 Å². The van der Waals surface area contributed by atoms with E-state index in [0.29, 0.717) is 17.3 Å². The van der Waals surface area contributed by atoms with Crippen molar-refractivity contribution in [2.45, 2.75) is 26.4 Å². The third-order valence-corrected chi connectivity index (χ3v) is 5.53. The van der Waals surface area contributed by atoms with Crippen LogP contribution in [0.15, 0.2) is 0 Å². The van der Waals surface area contributed by atoms with Crippen molar-refractivity contribution in [3.8, 4) is 0 Å². The maximum absolute atomic E-state index is 13.2. The summed E-state index contributed by atoms with van der Waals surface area (Å²) >= 11 is 0. The Morgan fingerprint density at radius 3 is 2.52 bits per heavy atom. The number of morpholine rings is 1. The van der Waals surface area contributed by atoms with Crippen LogP contribution in [0.25, 0.3) is 5.65 Å². The zero-order chi connectivity index (χ0) is 19.2. The number of rotatable bonds is 3. The molecular weight excluding hydrogens is 361 g/mol. The SMILES string of the molecule is Cc1c(N2CCC(CN3CCOCC3)C2)nn2c(C(F)(F)F)nnc2c1C. The van der Waals surface area contributed by atoms with Gasteiger partial charge in [-0.3, -0.25) is 4.90 Å². The molecule has 0 radical (unpaired) electrons. The minimum atomic E-state index is -4.59. The van der Waals surface area contributed by atoms with E-state index in [2.05, 4.69) is 25.1 Å². The van der Waals surface area contributed by atoms with Gasteiger partial charge in [0.05, 0.1) is 13.2 Å². The van der Waals surface area contributed by atoms with Crippen molar-refractivity contribution in [1.82, 2.24) is 24.7 Å². The highest BCUT2D eigenvalue weighted by molar-refractivity contribution is 5.59. The number of anilines is 1. The summed E-state index contributed by atoms with van der Waals surface area (Å²) in [6.07, 6.45) is -3.58. The van der Waals surface area contributed by atoms with Gasteiger partial charge in [0.1, 0.15) is 0 Å². The molecule has 2 aliphatic rings. The molecule has 0 aliphatic carbocycles. The Labute approximate surface area is 155 Å². The van der Waals surface area contributed by atoms with Gasteiger partial charge in [0.2, 0.25) is 0 Å². The lowest BCUT2D eigenvalue weighted by molar-refractivity contribution is -0.146. The van der Waals surface area contributed by atoms with Crippen LogP contribution in [0.1, 0.15) is 23.4 Å². The second-order valence-corrected chi connectivity index (χ2v) is 7.34. The van der Waals surface area contributed by atoms with Gasteiger partial charge < -0.3 is 9.64 Å². The van der Waals surface area contributed by atoms with Crippen LogP contribution < -0.4 is 4.90 Å². The summed E-state index contributed by atoms with van der Waals surface area (Å²) in [4.78, 5) is 4.49. The fourth-order valence-electron chi connectivity index (χ4n) is 3.91. The van der Waals surface area contributed by atoms with Gasteiger partial charge in [0.15, 0.2) is 11.5 Å². The summed E-state index contributed by atoms with van der Waals surface area (Å²) in [6, 6.07) is 0. The predicted octanol–water partition coefficient (Wildman–Crippen LogP) is 1.92. The van der Waals surface area contributed by atoms with Crippen molar-refractivity contribution < 1.29 is 17.9 Å². The highest BCUT2D eigenvalue weighted by atomic mass is 19.4. The van der Waals surface area contributed by atoms with Crippen molar-refractivity contribution in [2.75, 3.05) is 50.8 Å². The number of hydrogen-bond acceptors (Lipinski definition) is 6. The van der Waals surface area contributed by atoms with E-state index in [1.165, 1.54) is 0 Å². The largest absolute Gasteiger partial charge is 0.453 e. The van der Waals surface area contributed by atoms with Crippen LogP contribution in [0.2, 0.25) is 0 Å². The number of fused-ring (bicyclic) bond motifs is 1. The molecule has 0 aromatic carbocycles. The average Bonchev–Trinajstić information content (AvgIpc) is 3.25. The zero-order valence-electron chi connectivity index (χ0n) is 15.5. The maximum Gasteiger partial charge on any atom is 0.453 e. The minimum absolute atomic E-state index is 0.160. The molecule has 2 aliphatic heterocycles. The van der Waals surface area contributed by atoms with Gasteiger partial charge in [-0.15, -0.1) is 15.3 Å². The summed E-state index contributed by atoms with van der Waals surface area (Å²) < 4.78 is 45.9. The van der Waals surface area contributed by atoms with E-state index in [9.17, 15) is 13.2 Å². The summed E-state index contributed by atoms with van der Waals surface area (Å²) in [5.74, 6) is -0.0102. The first kappa shape index (κ1) is 18.4. The average molecular weight is 384 g/mol. The molecule has 4 heterocycles. The second-order valence-electron chi connectivity index (χ2n) is 7.34. The number of aryl methyl sites for hydroxylation is 1. The Kier molecular flexibility index (Phi) is 4.71. The number of aromatic nitrogens is 4. The summed E-state index contributed by atoms with van der Waals surface area (Å²) in [5.41, 5.74) is 1.70. The fraction of sp³-hybridized carbons (Fsp3) is 0.706. The van der Waals surface area contributed by atoms with E-state index in [1.807, 2.05) is 6.92 Å². The molecule has 4 rings (SSSR count). The van der Waals surface area contributed by atoms with Crippen molar-refractivity contribution in [2.24, 2.45) is 5.92 Å². The molecule has 2 aromatic heterocycles. The highest BCUT2D eigenvalue weighted by Gasteiger charge is 2.38. The van der Waals surface area contributed by atoms with Crippen LogP contribution in [-0.2, 0) is 10.9 Å². The molecule has 0 amide bonds. The van der Waals surface area contributed by atoms with E-state index in [1.54, 1.807) is 6.92 Å². The van der Waals surface area contributed by atoms with Crippen molar-refractivity contribution in [3.63, 3.8) is 0 Å². The summed E-state index contributed by atoms with van der Waals surface area (Å²) in [7, 11) is 0. The predicted molar refractivity (Wildman–Crippen MR) is 92.8 cm³/mol. The molecule has 2 aromatic rings. The van der Waals surface area contributed by atoms with Crippen LogP contribution in [0.5, 0.6) is 0 Å². The second kappa shape index (κ2) is 6.90. The van der Waals surface area contributed by atoms with Gasteiger partial charge in [-0.25, -0.2) is 0 Å². The molecule has 27 heavy (non-hydrogen) atoms. The molecule has 1 unspecified atom stereocenters. The van der Waals surface area contributed by atoms with Crippen LogP contribution in [0, 0.1) is 19.8 Å². The molecule has 148 valence electrons. The first-order valence-electron chi connectivity index (χ1n) is 9.19. The normalized spacial score (nSPS) is 22.1. The topological polar surface area (TPSA) is 58.8 Å². The van der Waals surface area contributed by atoms with Gasteiger partial charge in [-0.2, -0.15) is 17.7 Å². The monoisotopic (exact) mass is 384 g/mol. The number of halogens is 3. The van der Waals surface area contributed by atoms with Crippen LogP contribution in [0.4, 0.5) is 19.0 Å². The lowest BCUT2D eigenvalue weighted by Crippen LogP contribution is -2.40. The third kappa shape index (κ3) is 3.47. The number of ether oxygens (including phenoxy) is 1. The van der Waals surface area contributed by atoms with Gasteiger partial charge in [-0.05, 0) is 26.2 Å². The highest BCUT2D eigenvalue weighted by Crippen LogP contribution is 2.32. The molecule has 0 saturated carbocycles. The van der Waals surface area contributed by atoms with E-state index in [4.69, 9.17) is 4.74 Å². The Morgan fingerprint density at radius 2 is 1.81 bits per heavy atom. The van der Waals surface area contributed by atoms with Crippen LogP contribution >= 0.6 is 0 Å². The van der Waals surface area contributed by atoms with Gasteiger partial charge >= 0.3 is 6.18 Å². The maximum atomic E-state index is 13.2. The molecule has 0 N–H and O–H groups in total. The van der Waals surface area contributed by atoms with E-state index < -0.39 is 12.0 Å². The Hall–Kier alpha value is -1.94. The smallest absolute Gasteiger partial charge is 0.379 e. The third-order valence-electron chi connectivity index (χ3n) is 5.53. The Balaban J connectivity index is 1.59. The number of hydrogen-bond donors (Lipinski definition) is 0. The van der Waals surface area contributed by atoms with E-state index in [0.717, 1.165) is 62.4 Å². The summed E-state index contributed by atoms with van der Waals surface area (Å²) in [6.45, 7) is 9.63. The van der Waals surface area contributed by atoms with Crippen LogP contribution in [0.3, 0.4) is 0 Å². The first-order valence-corrected chi connectivity index (χ1v) is 9.19. The molecule has 7 nitrogen and oxygen atoms in total. The number of alkyl halides is 3. The fourth-order valence-corrected chi connectivity index (χ4v) is 3.91. The Morgan fingerprint density at radius 1 is 1.07 bits per heavy atom. The number of nitrogens with zero attached hydrogens (tertiary/aromatic N) is 6. The van der Waals surface area contributed by atoms with E-state index >= 15 is 0 Å². The quantitative estimate of drug-likeness (QED) is 0.806. The lowest BCUT2D eigenvalue weighted by Gasteiger charge is -2.29. The zero-order valence-corrected chi connectivity index (χ0v) is 15.5. The van der Waals surface area contributed by atoms with Gasteiger partial charge in [0, 0.05) is 43.9 Å². The molecule has 2 fully saturated rings. The minimum Gasteiger partial charge on any atom is -0.379 e. The Bertz CT molecular complexity index is 830. The lowest BCUT2D eigenvalue weighted by atomic mass is 10.1. The molecule has 0 spiro atoms. The molecule has 0 bridgehead atoms. The van der Waals surface area contributed by atoms with Crippen molar-refractivity contribution in [3.05, 3.63) is 17.0 Å². The van der Waals surface area contributed by atoms with E-state index in [-0.39, 0.29) is 5.65 Å². The van der Waals surface area contributed by atoms with Crippen molar-refractivity contribution >= 4 is 11.5 Å². The molecule has 10 heteroatoms. The first-order chi connectivity index (χ1) is 12.8. The molecular formula is C17H23F3N6O. The van der Waals surface area contributed by atoms with Crippen molar-refractivity contribution in [1.29, 1.82) is 0 Å². The standard InChI is InChI=1S/C17H23F3N6O/c1-11-12(2)15(23-26-14(11)21-22-16(26)17(18,19)20)25-4-3-13(10-25)9-24-5-7-27-8-6-24/h13H,3-10H2,1-2H3.